The van der Waals surface area contributed by atoms with E-state index in [1.165, 1.54) is 6.42 Å². The lowest BCUT2D eigenvalue weighted by Crippen LogP contribution is -2.37. The molecule has 18 heavy (non-hydrogen) atoms. The van der Waals surface area contributed by atoms with Crippen molar-refractivity contribution in [3.05, 3.63) is 0 Å². The van der Waals surface area contributed by atoms with Gasteiger partial charge in [0.2, 0.25) is 0 Å². The van der Waals surface area contributed by atoms with Crippen molar-refractivity contribution in [1.29, 1.82) is 0 Å². The lowest BCUT2D eigenvalue weighted by Gasteiger charge is -2.27. The van der Waals surface area contributed by atoms with Crippen LogP contribution < -0.4 is 5.32 Å². The summed E-state index contributed by atoms with van der Waals surface area (Å²) >= 11 is 0. The van der Waals surface area contributed by atoms with Crippen LogP contribution in [0.4, 0.5) is 0 Å². The van der Waals surface area contributed by atoms with Crippen molar-refractivity contribution in [1.82, 2.24) is 5.32 Å². The van der Waals surface area contributed by atoms with Gasteiger partial charge in [-0.3, -0.25) is 4.79 Å². The number of carbonyl (C=O) groups is 1. The third kappa shape index (κ3) is 6.36. The predicted octanol–water partition coefficient (Wildman–Crippen LogP) is 2.43. The van der Waals surface area contributed by atoms with Crippen LogP contribution in [0, 0.1) is 5.92 Å². The number of carboxylic acids is 1. The normalized spacial score (nSPS) is 24.1. The van der Waals surface area contributed by atoms with Gasteiger partial charge in [-0.2, -0.15) is 0 Å². The van der Waals surface area contributed by atoms with E-state index >= 15 is 0 Å². The first-order valence-corrected chi connectivity index (χ1v) is 7.28. The third-order valence-corrected chi connectivity index (χ3v) is 3.56. The molecule has 0 amide bonds. The van der Waals surface area contributed by atoms with Crippen LogP contribution in [0.3, 0.4) is 0 Å². The van der Waals surface area contributed by atoms with Crippen LogP contribution in [-0.2, 0) is 9.53 Å². The largest absolute Gasteiger partial charge is 0.481 e. The number of ether oxygens (including phenoxy) is 1. The van der Waals surface area contributed by atoms with Crippen molar-refractivity contribution in [3.8, 4) is 0 Å². The molecule has 0 saturated heterocycles. The Morgan fingerprint density at radius 2 is 2.11 bits per heavy atom. The summed E-state index contributed by atoms with van der Waals surface area (Å²) in [5.41, 5.74) is 0. The lowest BCUT2D eigenvalue weighted by molar-refractivity contribution is -0.143. The van der Waals surface area contributed by atoms with Gasteiger partial charge in [0.15, 0.2) is 0 Å². The van der Waals surface area contributed by atoms with Gasteiger partial charge in [-0.25, -0.2) is 0 Å². The first-order chi connectivity index (χ1) is 8.74. The van der Waals surface area contributed by atoms with Gasteiger partial charge in [0.1, 0.15) is 0 Å². The molecule has 1 saturated carbocycles. The van der Waals surface area contributed by atoms with E-state index in [0.29, 0.717) is 6.04 Å². The van der Waals surface area contributed by atoms with Gasteiger partial charge in [-0.05, 0) is 38.6 Å². The minimum atomic E-state index is -0.635. The van der Waals surface area contributed by atoms with E-state index < -0.39 is 5.97 Å². The van der Waals surface area contributed by atoms with Crippen molar-refractivity contribution >= 4 is 5.97 Å². The SMILES string of the molecule is CCCCOCCCNC1CCCC(C(=O)O)C1. The van der Waals surface area contributed by atoms with Crippen molar-refractivity contribution in [2.45, 2.75) is 57.9 Å². The van der Waals surface area contributed by atoms with E-state index in [2.05, 4.69) is 12.2 Å². The zero-order chi connectivity index (χ0) is 13.2. The van der Waals surface area contributed by atoms with Gasteiger partial charge in [0, 0.05) is 19.3 Å². The highest BCUT2D eigenvalue weighted by molar-refractivity contribution is 5.70. The lowest BCUT2D eigenvalue weighted by atomic mass is 9.86. The molecule has 2 N–H and O–H groups in total. The van der Waals surface area contributed by atoms with Gasteiger partial charge in [-0.15, -0.1) is 0 Å². The van der Waals surface area contributed by atoms with Gasteiger partial charge >= 0.3 is 5.97 Å². The maximum absolute atomic E-state index is 10.9. The molecule has 4 nitrogen and oxygen atoms in total. The van der Waals surface area contributed by atoms with E-state index in [1.54, 1.807) is 0 Å². The molecule has 1 aliphatic rings. The summed E-state index contributed by atoms with van der Waals surface area (Å²) in [6.45, 7) is 4.76. The van der Waals surface area contributed by atoms with Gasteiger partial charge < -0.3 is 15.2 Å². The Kier molecular flexibility index (Phi) is 8.01. The van der Waals surface area contributed by atoms with Crippen molar-refractivity contribution in [3.63, 3.8) is 0 Å². The molecule has 2 unspecified atom stereocenters. The fraction of sp³-hybridized carbons (Fsp3) is 0.929. The Morgan fingerprint density at radius 1 is 1.33 bits per heavy atom. The van der Waals surface area contributed by atoms with E-state index in [-0.39, 0.29) is 5.92 Å². The summed E-state index contributed by atoms with van der Waals surface area (Å²) in [5.74, 6) is -0.776. The molecule has 0 radical (unpaired) electrons. The second-order valence-electron chi connectivity index (χ2n) is 5.17. The Balaban J connectivity index is 2.00. The summed E-state index contributed by atoms with van der Waals surface area (Å²) in [5, 5.41) is 12.5. The number of aliphatic carboxylic acids is 1. The zero-order valence-electron chi connectivity index (χ0n) is 11.5. The summed E-state index contributed by atoms with van der Waals surface area (Å²) in [6, 6.07) is 0.385. The third-order valence-electron chi connectivity index (χ3n) is 3.56. The predicted molar refractivity (Wildman–Crippen MR) is 71.7 cm³/mol. The Hall–Kier alpha value is -0.610. The highest BCUT2D eigenvalue weighted by atomic mass is 16.5. The number of rotatable bonds is 9. The molecule has 4 heteroatoms. The Morgan fingerprint density at radius 3 is 2.83 bits per heavy atom. The smallest absolute Gasteiger partial charge is 0.306 e. The van der Waals surface area contributed by atoms with E-state index in [9.17, 15) is 4.79 Å². The van der Waals surface area contributed by atoms with Crippen molar-refractivity contribution in [2.24, 2.45) is 5.92 Å². The molecule has 0 aromatic carbocycles. The fourth-order valence-corrected chi connectivity index (χ4v) is 2.43. The molecule has 0 aromatic heterocycles. The number of carboxylic acid groups (broad SMARTS) is 1. The molecular weight excluding hydrogens is 230 g/mol. The van der Waals surface area contributed by atoms with E-state index in [1.807, 2.05) is 0 Å². The Bertz CT molecular complexity index is 233. The summed E-state index contributed by atoms with van der Waals surface area (Å²) < 4.78 is 5.49. The minimum absolute atomic E-state index is 0.142. The van der Waals surface area contributed by atoms with Crippen LogP contribution in [0.2, 0.25) is 0 Å². The second-order valence-corrected chi connectivity index (χ2v) is 5.17. The molecule has 0 spiro atoms. The molecule has 2 atom stereocenters. The van der Waals surface area contributed by atoms with E-state index in [0.717, 1.165) is 58.3 Å². The average molecular weight is 257 g/mol. The van der Waals surface area contributed by atoms with Crippen LogP contribution in [0.1, 0.15) is 51.9 Å². The molecule has 0 bridgehead atoms. The summed E-state index contributed by atoms with van der Waals surface area (Å²) in [4.78, 5) is 10.9. The number of nitrogens with one attached hydrogen (secondary N) is 1. The first kappa shape index (κ1) is 15.4. The summed E-state index contributed by atoms with van der Waals surface area (Å²) in [7, 11) is 0. The fourth-order valence-electron chi connectivity index (χ4n) is 2.43. The zero-order valence-corrected chi connectivity index (χ0v) is 11.5. The maximum Gasteiger partial charge on any atom is 0.306 e. The molecule has 0 heterocycles. The van der Waals surface area contributed by atoms with E-state index in [4.69, 9.17) is 9.84 Å². The van der Waals surface area contributed by atoms with Gasteiger partial charge in [-0.1, -0.05) is 19.8 Å². The Labute approximate surface area is 110 Å². The highest BCUT2D eigenvalue weighted by Crippen LogP contribution is 2.24. The van der Waals surface area contributed by atoms with Crippen LogP contribution in [0.5, 0.6) is 0 Å². The van der Waals surface area contributed by atoms with Crippen molar-refractivity contribution < 1.29 is 14.6 Å². The molecular formula is C14H27NO3. The second kappa shape index (κ2) is 9.34. The number of hydrogen-bond donors (Lipinski definition) is 2. The molecule has 1 fully saturated rings. The highest BCUT2D eigenvalue weighted by Gasteiger charge is 2.26. The average Bonchev–Trinajstić information content (AvgIpc) is 2.38. The molecule has 106 valence electrons. The van der Waals surface area contributed by atoms with Gasteiger partial charge in [0.25, 0.3) is 0 Å². The number of hydrogen-bond acceptors (Lipinski definition) is 3. The molecule has 1 aliphatic carbocycles. The summed E-state index contributed by atoms with van der Waals surface area (Å²) in [6.07, 6.45) is 7.09. The molecule has 0 aliphatic heterocycles. The van der Waals surface area contributed by atoms with Crippen LogP contribution in [0.15, 0.2) is 0 Å². The van der Waals surface area contributed by atoms with Crippen LogP contribution in [0.25, 0.3) is 0 Å². The molecule has 0 aromatic rings. The topological polar surface area (TPSA) is 58.6 Å². The van der Waals surface area contributed by atoms with Crippen LogP contribution in [-0.4, -0.2) is 36.9 Å². The maximum atomic E-state index is 10.9. The van der Waals surface area contributed by atoms with Crippen molar-refractivity contribution in [2.75, 3.05) is 19.8 Å². The number of unbranched alkanes of at least 4 members (excludes halogenated alkanes) is 1. The minimum Gasteiger partial charge on any atom is -0.481 e. The van der Waals surface area contributed by atoms with Gasteiger partial charge in [0.05, 0.1) is 5.92 Å². The standard InChI is InChI=1S/C14H27NO3/c1-2-3-9-18-10-5-8-15-13-7-4-6-12(11-13)14(16)17/h12-13,15H,2-11H2,1H3,(H,16,17). The van der Waals surface area contributed by atoms with Crippen LogP contribution >= 0.6 is 0 Å². The first-order valence-electron chi connectivity index (χ1n) is 7.28. The quantitative estimate of drug-likeness (QED) is 0.623. The monoisotopic (exact) mass is 257 g/mol. The molecule has 1 rings (SSSR count).